The van der Waals surface area contributed by atoms with Gasteiger partial charge in [0.05, 0.1) is 0 Å². The molecule has 27 heavy (non-hydrogen) atoms. The van der Waals surface area contributed by atoms with Crippen molar-refractivity contribution in [3.8, 4) is 0 Å². The van der Waals surface area contributed by atoms with Crippen LogP contribution in [0.15, 0.2) is 30.7 Å². The van der Waals surface area contributed by atoms with E-state index in [1.807, 2.05) is 24.5 Å². The molecular weight excluding hydrogens is 354 g/mol. The number of aromatic nitrogens is 2. The molecule has 4 rings (SSSR count). The Bertz CT molecular complexity index is 745. The number of carbonyl (C=O) groups excluding carboxylic acids is 1. The molecule has 4 nitrogen and oxygen atoms in total. The Morgan fingerprint density at radius 1 is 1.15 bits per heavy atom. The third-order valence-electron chi connectivity index (χ3n) is 6.30. The molecule has 2 aromatic rings. The van der Waals surface area contributed by atoms with Gasteiger partial charge in [0.2, 0.25) is 5.91 Å². The lowest BCUT2D eigenvalue weighted by Gasteiger charge is -2.39. The van der Waals surface area contributed by atoms with Crippen LogP contribution in [-0.2, 0) is 17.6 Å². The number of thiazole rings is 1. The molecule has 1 amide bonds. The highest BCUT2D eigenvalue weighted by atomic mass is 32.1. The minimum atomic E-state index is 0.0301. The number of aryl methyl sites for hydroxylation is 1. The van der Waals surface area contributed by atoms with Crippen molar-refractivity contribution >= 4 is 22.4 Å². The van der Waals surface area contributed by atoms with Crippen LogP contribution in [0.5, 0.6) is 0 Å². The SMILES string of the molecule is O=C(CCc1cccnc1)Nc1ncc(CC2CCC3CCCCC3C2)s1. The first-order valence-corrected chi connectivity index (χ1v) is 11.2. The number of hydrogen-bond acceptors (Lipinski definition) is 4. The molecule has 0 aromatic carbocycles. The van der Waals surface area contributed by atoms with Gasteiger partial charge in [-0.1, -0.05) is 31.7 Å². The maximum atomic E-state index is 12.2. The highest BCUT2D eigenvalue weighted by Crippen LogP contribution is 2.43. The van der Waals surface area contributed by atoms with Gasteiger partial charge in [-0.15, -0.1) is 11.3 Å². The monoisotopic (exact) mass is 383 g/mol. The number of nitrogens with one attached hydrogen (secondary N) is 1. The smallest absolute Gasteiger partial charge is 0.226 e. The maximum absolute atomic E-state index is 12.2. The molecule has 2 aromatic heterocycles. The van der Waals surface area contributed by atoms with E-state index >= 15 is 0 Å². The lowest BCUT2D eigenvalue weighted by molar-refractivity contribution is -0.116. The highest BCUT2D eigenvalue weighted by molar-refractivity contribution is 7.15. The van der Waals surface area contributed by atoms with Crippen molar-refractivity contribution in [1.82, 2.24) is 9.97 Å². The van der Waals surface area contributed by atoms with Gasteiger partial charge in [-0.05, 0) is 61.5 Å². The van der Waals surface area contributed by atoms with Crippen LogP contribution in [-0.4, -0.2) is 15.9 Å². The average molecular weight is 384 g/mol. The first-order valence-electron chi connectivity index (χ1n) is 10.4. The van der Waals surface area contributed by atoms with E-state index in [2.05, 4.69) is 15.3 Å². The van der Waals surface area contributed by atoms with Gasteiger partial charge < -0.3 is 5.32 Å². The Hall–Kier alpha value is -1.75. The number of amides is 1. The summed E-state index contributed by atoms with van der Waals surface area (Å²) in [6.45, 7) is 0. The standard InChI is InChI=1S/C22H29N3OS/c26-21(10-8-16-4-3-11-23-14-16)25-22-24-15-20(27-22)13-17-7-9-18-5-1-2-6-19(18)12-17/h3-4,11,14-15,17-19H,1-2,5-10,12-13H2,(H,24,25,26). The third-order valence-corrected chi connectivity index (χ3v) is 7.24. The van der Waals surface area contributed by atoms with Crippen LogP contribution in [0.2, 0.25) is 0 Å². The molecule has 2 fully saturated rings. The Morgan fingerprint density at radius 2 is 2.04 bits per heavy atom. The predicted molar refractivity (Wildman–Crippen MR) is 110 cm³/mol. The van der Waals surface area contributed by atoms with Crippen molar-refractivity contribution in [2.45, 2.75) is 64.2 Å². The molecule has 2 aliphatic rings. The minimum Gasteiger partial charge on any atom is -0.302 e. The molecule has 0 aliphatic heterocycles. The van der Waals surface area contributed by atoms with E-state index < -0.39 is 0 Å². The number of hydrogen-bond donors (Lipinski definition) is 1. The molecule has 2 saturated carbocycles. The summed E-state index contributed by atoms with van der Waals surface area (Å²) in [5.41, 5.74) is 1.09. The lowest BCUT2D eigenvalue weighted by atomic mass is 9.67. The van der Waals surface area contributed by atoms with Crippen LogP contribution in [0, 0.1) is 17.8 Å². The number of anilines is 1. The third kappa shape index (κ3) is 5.16. The Kier molecular flexibility index (Phi) is 6.17. The van der Waals surface area contributed by atoms with Crippen LogP contribution in [0.25, 0.3) is 0 Å². The van der Waals surface area contributed by atoms with Gasteiger partial charge in [0.1, 0.15) is 0 Å². The van der Waals surface area contributed by atoms with Crippen LogP contribution < -0.4 is 5.32 Å². The summed E-state index contributed by atoms with van der Waals surface area (Å²) >= 11 is 1.65. The number of pyridine rings is 1. The molecule has 2 aliphatic carbocycles. The number of nitrogens with zero attached hydrogens (tertiary/aromatic N) is 2. The fourth-order valence-corrected chi connectivity index (χ4v) is 5.83. The zero-order chi connectivity index (χ0) is 18.5. The van der Waals surface area contributed by atoms with E-state index in [0.717, 1.165) is 34.9 Å². The first kappa shape index (κ1) is 18.6. The maximum Gasteiger partial charge on any atom is 0.226 e. The van der Waals surface area contributed by atoms with Crippen LogP contribution >= 0.6 is 11.3 Å². The molecule has 0 bridgehead atoms. The minimum absolute atomic E-state index is 0.0301. The first-order chi connectivity index (χ1) is 13.3. The van der Waals surface area contributed by atoms with Gasteiger partial charge in [-0.25, -0.2) is 4.98 Å². The summed E-state index contributed by atoms with van der Waals surface area (Å²) in [6.07, 6.45) is 17.8. The van der Waals surface area contributed by atoms with E-state index in [9.17, 15) is 4.79 Å². The van der Waals surface area contributed by atoms with Gasteiger partial charge >= 0.3 is 0 Å². The topological polar surface area (TPSA) is 54.9 Å². The Labute approximate surface area is 165 Å². The number of carbonyl (C=O) groups is 1. The van der Waals surface area contributed by atoms with E-state index in [0.29, 0.717) is 12.8 Å². The van der Waals surface area contributed by atoms with Gasteiger partial charge in [-0.3, -0.25) is 9.78 Å². The van der Waals surface area contributed by atoms with Crippen molar-refractivity contribution in [2.24, 2.45) is 17.8 Å². The number of fused-ring (bicyclic) bond motifs is 1. The van der Waals surface area contributed by atoms with E-state index in [-0.39, 0.29) is 5.91 Å². The summed E-state index contributed by atoms with van der Waals surface area (Å²) in [5, 5.41) is 3.71. The van der Waals surface area contributed by atoms with Crippen molar-refractivity contribution in [1.29, 1.82) is 0 Å². The van der Waals surface area contributed by atoms with Crippen LogP contribution in [0.4, 0.5) is 5.13 Å². The molecule has 144 valence electrons. The lowest BCUT2D eigenvalue weighted by Crippen LogP contribution is -2.28. The largest absolute Gasteiger partial charge is 0.302 e. The van der Waals surface area contributed by atoms with Crippen molar-refractivity contribution in [2.75, 3.05) is 5.32 Å². The summed E-state index contributed by atoms with van der Waals surface area (Å²) in [4.78, 5) is 22.0. The second-order valence-corrected chi connectivity index (χ2v) is 9.34. The van der Waals surface area contributed by atoms with Gasteiger partial charge in [0.25, 0.3) is 0 Å². The Morgan fingerprint density at radius 3 is 2.89 bits per heavy atom. The molecule has 1 N–H and O–H groups in total. The molecule has 3 atom stereocenters. The molecule has 3 unspecified atom stereocenters. The summed E-state index contributed by atoms with van der Waals surface area (Å²) in [6, 6.07) is 3.91. The van der Waals surface area contributed by atoms with Crippen molar-refractivity contribution < 1.29 is 4.79 Å². The normalized spacial score (nSPS) is 25.0. The predicted octanol–water partition coefficient (Wildman–Crippen LogP) is 5.26. The Balaban J connectivity index is 1.24. The summed E-state index contributed by atoms with van der Waals surface area (Å²) in [5.74, 6) is 2.81. The van der Waals surface area contributed by atoms with Crippen molar-refractivity contribution in [3.63, 3.8) is 0 Å². The fraction of sp³-hybridized carbons (Fsp3) is 0.591. The van der Waals surface area contributed by atoms with Crippen molar-refractivity contribution in [3.05, 3.63) is 41.2 Å². The van der Waals surface area contributed by atoms with Crippen LogP contribution in [0.3, 0.4) is 0 Å². The molecule has 2 heterocycles. The van der Waals surface area contributed by atoms with Gasteiger partial charge in [-0.2, -0.15) is 0 Å². The van der Waals surface area contributed by atoms with E-state index in [1.165, 1.54) is 49.8 Å². The molecular formula is C22H29N3OS. The molecule has 5 heteroatoms. The summed E-state index contributed by atoms with van der Waals surface area (Å²) in [7, 11) is 0. The fourth-order valence-electron chi connectivity index (χ4n) is 4.89. The zero-order valence-electron chi connectivity index (χ0n) is 15.9. The van der Waals surface area contributed by atoms with Gasteiger partial charge in [0.15, 0.2) is 5.13 Å². The van der Waals surface area contributed by atoms with Gasteiger partial charge in [0, 0.05) is 29.9 Å². The molecule has 0 saturated heterocycles. The molecule has 0 radical (unpaired) electrons. The summed E-state index contributed by atoms with van der Waals surface area (Å²) < 4.78 is 0. The second-order valence-electron chi connectivity index (χ2n) is 8.23. The van der Waals surface area contributed by atoms with Crippen LogP contribution in [0.1, 0.15) is 61.8 Å². The van der Waals surface area contributed by atoms with E-state index in [1.54, 1.807) is 17.5 Å². The highest BCUT2D eigenvalue weighted by Gasteiger charge is 2.32. The average Bonchev–Trinajstić information content (AvgIpc) is 3.14. The quantitative estimate of drug-likeness (QED) is 0.740. The zero-order valence-corrected chi connectivity index (χ0v) is 16.7. The molecule has 0 spiro atoms. The number of rotatable bonds is 6. The van der Waals surface area contributed by atoms with E-state index in [4.69, 9.17) is 0 Å². The second kappa shape index (κ2) is 8.96.